The number of amides is 2. The number of allylic oxidation sites excluding steroid dienone is 6. The van der Waals surface area contributed by atoms with Crippen LogP contribution in [-0.4, -0.2) is 111 Å². The molecule has 2 aliphatic heterocycles. The van der Waals surface area contributed by atoms with Gasteiger partial charge in [0.05, 0.1) is 45.1 Å². The fourth-order valence-corrected chi connectivity index (χ4v) is 11.8. The van der Waals surface area contributed by atoms with E-state index in [1.54, 1.807) is 69.0 Å². The number of aromatic nitrogens is 1. The largest absolute Gasteiger partial charge is 0.744 e. The average Bonchev–Trinajstić information content (AvgIpc) is 3.68. The number of benzene rings is 3. The van der Waals surface area contributed by atoms with E-state index >= 15 is 0 Å². The Bertz CT molecular complexity index is 3560. The Balaban J connectivity index is 1.27. The van der Waals surface area contributed by atoms with Gasteiger partial charge in [-0.25, -0.2) is 8.42 Å². The summed E-state index contributed by atoms with van der Waals surface area (Å²) in [4.78, 5) is 32.8. The molecule has 2 atom stereocenters. The molecule has 3 heterocycles. The number of hydrogen-bond donors (Lipinski definition) is 5. The van der Waals surface area contributed by atoms with Gasteiger partial charge in [0.2, 0.25) is 17.5 Å². The number of carbonyl (C=O) groups is 2. The standard InChI is InChI=1S/C51H60N8O14S4/c1-50(26-7-29-74(62,63)64)42-31-40(76(68,69)70)19-21-44(42)58(3)46(50)23-15-37(16-24-47-51(2,27-8-30-75(65,66)67)43-32-41(77(71,72)73)20-22-45(43)59(47)4)36-13-11-35(12-14-36)9-5-6-10-48(60)53-28-25-49(61)56-39-18-17-38(54-33-39)34-55-57-52/h11-24,31-33H,5-10,25-30,34H2,1-4H3,(H5-,53,56,60,61,62,63,64,65,66,67,68,69,70,71,72,73). The molecule has 412 valence electrons. The molecule has 0 saturated carbocycles. The van der Waals surface area contributed by atoms with Crippen LogP contribution in [0.1, 0.15) is 93.2 Å². The maximum Gasteiger partial charge on any atom is 0.294 e. The molecule has 0 aliphatic carbocycles. The number of likely N-dealkylation sites (N-methyl/N-ethyl adjacent to an activating group) is 1. The molecule has 2 aliphatic rings. The van der Waals surface area contributed by atoms with E-state index in [0.717, 1.165) is 5.56 Å². The third kappa shape index (κ3) is 15.5. The summed E-state index contributed by atoms with van der Waals surface area (Å²) in [6.45, 7) is 3.79. The van der Waals surface area contributed by atoms with E-state index in [-0.39, 0.29) is 68.3 Å². The van der Waals surface area contributed by atoms with Gasteiger partial charge in [-0.05, 0) is 141 Å². The fourth-order valence-electron chi connectivity index (χ4n) is 9.81. The van der Waals surface area contributed by atoms with E-state index in [1.807, 2.05) is 29.2 Å². The second kappa shape index (κ2) is 24.4. The van der Waals surface area contributed by atoms with Gasteiger partial charge in [0.25, 0.3) is 30.4 Å². The topological polar surface area (TPSA) is 346 Å². The van der Waals surface area contributed by atoms with Crippen molar-refractivity contribution in [2.24, 2.45) is 5.11 Å². The van der Waals surface area contributed by atoms with E-state index in [0.29, 0.717) is 75.7 Å². The molecular formula is C51H60N8O14S4. The second-order valence-corrected chi connectivity index (χ2v) is 25.2. The van der Waals surface area contributed by atoms with Crippen LogP contribution in [0.15, 0.2) is 124 Å². The van der Waals surface area contributed by atoms with E-state index in [4.69, 9.17) is 5.53 Å². The Morgan fingerprint density at radius 2 is 1.47 bits per heavy atom. The number of hydrogen-bond acceptors (Lipinski definition) is 14. The first-order valence-corrected chi connectivity index (χ1v) is 30.3. The highest BCUT2D eigenvalue weighted by Crippen LogP contribution is 2.51. The molecule has 2 unspecified atom stereocenters. The van der Waals surface area contributed by atoms with Gasteiger partial charge >= 0.3 is 0 Å². The van der Waals surface area contributed by atoms with Crippen LogP contribution in [0.25, 0.3) is 16.0 Å². The first-order chi connectivity index (χ1) is 36.0. The van der Waals surface area contributed by atoms with Crippen LogP contribution in [0.5, 0.6) is 0 Å². The lowest BCUT2D eigenvalue weighted by Crippen LogP contribution is -2.31. The van der Waals surface area contributed by atoms with Crippen LogP contribution in [-0.2, 0) is 73.9 Å². The first kappa shape index (κ1) is 59.6. The lowest BCUT2D eigenvalue weighted by molar-refractivity contribution is -0.401. The van der Waals surface area contributed by atoms with Crippen LogP contribution in [0.2, 0.25) is 0 Å². The van der Waals surface area contributed by atoms with Crippen molar-refractivity contribution in [2.45, 2.75) is 98.8 Å². The summed E-state index contributed by atoms with van der Waals surface area (Å²) in [5.41, 5.74) is 12.8. The molecule has 6 rings (SSSR count). The predicted molar refractivity (Wildman–Crippen MR) is 288 cm³/mol. The Hall–Kier alpha value is -6.61. The van der Waals surface area contributed by atoms with Gasteiger partial charge in [-0.3, -0.25) is 28.2 Å². The summed E-state index contributed by atoms with van der Waals surface area (Å²) < 4.78 is 140. The van der Waals surface area contributed by atoms with Crippen LogP contribution in [0.4, 0.5) is 17.1 Å². The molecule has 0 fully saturated rings. The van der Waals surface area contributed by atoms with Crippen molar-refractivity contribution in [1.82, 2.24) is 10.3 Å². The summed E-state index contributed by atoms with van der Waals surface area (Å²) in [6.07, 6.45) is 10.9. The number of fused-ring (bicyclic) bond motifs is 2. The summed E-state index contributed by atoms with van der Waals surface area (Å²) in [7, 11) is -14.8. The van der Waals surface area contributed by atoms with Crippen molar-refractivity contribution in [2.75, 3.05) is 42.4 Å². The molecule has 0 spiro atoms. The number of rotatable bonds is 25. The number of nitrogens with zero attached hydrogens (tertiary/aromatic N) is 6. The van der Waals surface area contributed by atoms with Gasteiger partial charge in [-0.15, -0.1) is 0 Å². The lowest BCUT2D eigenvalue weighted by atomic mass is 9.75. The normalized spacial score (nSPS) is 18.4. The molecule has 5 N–H and O–H groups in total. The van der Waals surface area contributed by atoms with E-state index in [1.165, 1.54) is 42.6 Å². The zero-order valence-corrected chi connectivity index (χ0v) is 45.9. The SMILES string of the molecule is CN1/C(=C/C=C(/C=C/C2=[N+](C)c3ccc(S(=O)(=O)[O-])cc3C2(C)CCCS(=O)(=O)O)c2ccc(CCCCC(=O)NCCC(=O)Nc3ccc(CN=[N+]=[N-])nc3)cc2)C(C)(CCCS(=O)(=O)O)c2cc(S(=O)(=O)O)ccc21. The highest BCUT2D eigenvalue weighted by Gasteiger charge is 2.47. The van der Waals surface area contributed by atoms with Gasteiger partial charge < -0.3 is 20.1 Å². The number of unbranched alkanes of at least 4 members (excludes halogenated alkanes) is 1. The summed E-state index contributed by atoms with van der Waals surface area (Å²) in [5, 5.41) is 8.91. The van der Waals surface area contributed by atoms with Gasteiger partial charge in [0, 0.05) is 71.5 Å². The van der Waals surface area contributed by atoms with E-state index < -0.39 is 67.7 Å². The Kier molecular flexibility index (Phi) is 18.9. The van der Waals surface area contributed by atoms with Crippen molar-refractivity contribution in [3.63, 3.8) is 0 Å². The van der Waals surface area contributed by atoms with Crippen molar-refractivity contribution in [3.8, 4) is 0 Å². The minimum Gasteiger partial charge on any atom is -0.744 e. The number of azide groups is 1. The fraction of sp³-hybridized carbons (Fsp3) is 0.373. The molecule has 3 aromatic carbocycles. The molecule has 2 amide bonds. The molecule has 26 heteroatoms. The van der Waals surface area contributed by atoms with Gasteiger partial charge in [-0.1, -0.05) is 35.5 Å². The highest BCUT2D eigenvalue weighted by molar-refractivity contribution is 7.86. The zero-order chi connectivity index (χ0) is 56.6. The number of anilines is 2. The number of aryl methyl sites for hydroxylation is 1. The van der Waals surface area contributed by atoms with Crippen molar-refractivity contribution in [1.29, 1.82) is 0 Å². The Morgan fingerprint density at radius 3 is 2.08 bits per heavy atom. The molecule has 0 radical (unpaired) electrons. The van der Waals surface area contributed by atoms with Crippen molar-refractivity contribution < 1.29 is 66.0 Å². The molecule has 22 nitrogen and oxygen atoms in total. The van der Waals surface area contributed by atoms with Crippen molar-refractivity contribution in [3.05, 3.63) is 147 Å². The van der Waals surface area contributed by atoms with E-state index in [9.17, 15) is 61.5 Å². The summed E-state index contributed by atoms with van der Waals surface area (Å²) in [6, 6.07) is 19.0. The maximum atomic E-state index is 12.6. The molecule has 4 aromatic rings. The minimum absolute atomic E-state index is 0.0211. The Labute approximate surface area is 448 Å². The lowest BCUT2D eigenvalue weighted by Gasteiger charge is -2.29. The number of carbonyl (C=O) groups excluding carboxylic acids is 2. The zero-order valence-electron chi connectivity index (χ0n) is 42.7. The quantitative estimate of drug-likeness (QED) is 0.00836. The van der Waals surface area contributed by atoms with Gasteiger partial charge in [-0.2, -0.15) is 29.8 Å². The second-order valence-electron chi connectivity index (χ2n) is 19.2. The van der Waals surface area contributed by atoms with Gasteiger partial charge in [0.1, 0.15) is 17.2 Å². The monoisotopic (exact) mass is 1140 g/mol. The molecular weight excluding hydrogens is 1080 g/mol. The summed E-state index contributed by atoms with van der Waals surface area (Å²) in [5.74, 6) is -1.69. The highest BCUT2D eigenvalue weighted by atomic mass is 32.2. The maximum absolute atomic E-state index is 12.6. The molecule has 1 aromatic heterocycles. The van der Waals surface area contributed by atoms with Crippen LogP contribution in [0, 0.1) is 0 Å². The van der Waals surface area contributed by atoms with E-state index in [2.05, 4.69) is 25.6 Å². The van der Waals surface area contributed by atoms with Crippen LogP contribution < -0.4 is 15.5 Å². The smallest absolute Gasteiger partial charge is 0.294 e. The van der Waals surface area contributed by atoms with Crippen LogP contribution in [0.3, 0.4) is 0 Å². The first-order valence-electron chi connectivity index (χ1n) is 24.2. The van der Waals surface area contributed by atoms with Gasteiger partial charge in [0.15, 0.2) is 5.71 Å². The molecule has 0 saturated heterocycles. The molecule has 77 heavy (non-hydrogen) atoms. The summed E-state index contributed by atoms with van der Waals surface area (Å²) >= 11 is 0. The third-order valence-electron chi connectivity index (χ3n) is 13.8. The third-order valence-corrected chi connectivity index (χ3v) is 17.1. The number of nitrogens with one attached hydrogen (secondary N) is 2. The Morgan fingerprint density at radius 1 is 0.818 bits per heavy atom. The van der Waals surface area contributed by atoms with Crippen LogP contribution >= 0.6 is 0 Å². The number of pyridine rings is 1. The minimum atomic E-state index is -4.89. The van der Waals surface area contributed by atoms with Crippen molar-refractivity contribution >= 4 is 80.6 Å². The predicted octanol–water partition coefficient (Wildman–Crippen LogP) is 7.15. The molecule has 0 bridgehead atoms. The average molecular weight is 1140 g/mol.